The largest absolute Gasteiger partial charge is 0.336 e. The Hall–Kier alpha value is -2.83. The molecule has 0 radical (unpaired) electrons. The van der Waals surface area contributed by atoms with Gasteiger partial charge in [-0.15, -0.1) is 0 Å². The van der Waals surface area contributed by atoms with Crippen molar-refractivity contribution in [1.29, 1.82) is 0 Å². The Balaban J connectivity index is 1.60. The van der Waals surface area contributed by atoms with Crippen LogP contribution in [0.5, 0.6) is 0 Å². The first-order valence-electron chi connectivity index (χ1n) is 8.20. The molecule has 128 valence electrons. The van der Waals surface area contributed by atoms with E-state index in [1.807, 2.05) is 30.3 Å². The molecule has 0 bridgehead atoms. The third kappa shape index (κ3) is 2.86. The molecule has 2 aromatic heterocycles. The van der Waals surface area contributed by atoms with Crippen LogP contribution in [0.1, 0.15) is 35.0 Å². The Morgan fingerprint density at radius 3 is 2.88 bits per heavy atom. The first-order chi connectivity index (χ1) is 12.0. The van der Waals surface area contributed by atoms with Crippen molar-refractivity contribution >= 4 is 16.8 Å². The van der Waals surface area contributed by atoms with Gasteiger partial charge >= 0.3 is 0 Å². The van der Waals surface area contributed by atoms with Gasteiger partial charge in [0.1, 0.15) is 5.69 Å². The summed E-state index contributed by atoms with van der Waals surface area (Å²) in [7, 11) is 0. The highest BCUT2D eigenvalue weighted by molar-refractivity contribution is 5.95. The van der Waals surface area contributed by atoms with Crippen LogP contribution in [0.4, 0.5) is 4.39 Å². The van der Waals surface area contributed by atoms with Crippen molar-refractivity contribution in [1.82, 2.24) is 20.0 Å². The summed E-state index contributed by atoms with van der Waals surface area (Å²) in [6.07, 6.45) is 0.779. The van der Waals surface area contributed by atoms with Gasteiger partial charge in [0.15, 0.2) is 5.82 Å². The van der Waals surface area contributed by atoms with Gasteiger partial charge in [-0.05, 0) is 31.9 Å². The minimum Gasteiger partial charge on any atom is -0.336 e. The standard InChI is InChI=1S/C18H17FN4O2/c1-12-20-17(25-22-12)18(19)9-4-10-23(11-18)16(24)15-8-7-13-5-2-3-6-14(13)21-15/h2-3,5-8H,4,9-11H2,1H3. The minimum absolute atomic E-state index is 0.0611. The zero-order valence-corrected chi connectivity index (χ0v) is 13.8. The zero-order chi connectivity index (χ0) is 17.4. The molecule has 0 aliphatic carbocycles. The summed E-state index contributed by atoms with van der Waals surface area (Å²) in [6, 6.07) is 11.1. The zero-order valence-electron chi connectivity index (χ0n) is 13.8. The topological polar surface area (TPSA) is 72.1 Å². The van der Waals surface area contributed by atoms with Crippen molar-refractivity contribution in [2.45, 2.75) is 25.4 Å². The first-order valence-corrected chi connectivity index (χ1v) is 8.20. The summed E-state index contributed by atoms with van der Waals surface area (Å²) in [5, 5.41) is 4.61. The Bertz CT molecular complexity index is 941. The normalized spacial score (nSPS) is 20.8. The number of likely N-dealkylation sites (tertiary alicyclic amines) is 1. The number of rotatable bonds is 2. The molecule has 1 fully saturated rings. The molecular weight excluding hydrogens is 323 g/mol. The molecule has 1 saturated heterocycles. The van der Waals surface area contributed by atoms with Crippen molar-refractivity contribution in [2.75, 3.05) is 13.1 Å². The molecule has 1 atom stereocenters. The van der Waals surface area contributed by atoms with Gasteiger partial charge in [0, 0.05) is 11.9 Å². The highest BCUT2D eigenvalue weighted by Crippen LogP contribution is 2.35. The molecule has 0 spiro atoms. The quantitative estimate of drug-likeness (QED) is 0.717. The maximum absolute atomic E-state index is 15.3. The predicted octanol–water partition coefficient (Wildman–Crippen LogP) is 3.03. The highest BCUT2D eigenvalue weighted by atomic mass is 19.1. The van der Waals surface area contributed by atoms with E-state index >= 15 is 4.39 Å². The van der Waals surface area contributed by atoms with E-state index in [0.29, 0.717) is 24.5 Å². The molecular formula is C18H17FN4O2. The third-order valence-corrected chi connectivity index (χ3v) is 4.46. The van der Waals surface area contributed by atoms with Crippen LogP contribution >= 0.6 is 0 Å². The van der Waals surface area contributed by atoms with E-state index in [-0.39, 0.29) is 24.8 Å². The maximum atomic E-state index is 15.3. The van der Waals surface area contributed by atoms with Crippen molar-refractivity contribution in [3.05, 3.63) is 53.8 Å². The number of carbonyl (C=O) groups is 1. The van der Waals surface area contributed by atoms with Gasteiger partial charge in [0.25, 0.3) is 11.8 Å². The molecule has 4 rings (SSSR count). The number of para-hydroxylation sites is 1. The average molecular weight is 340 g/mol. The fraction of sp³-hybridized carbons (Fsp3) is 0.333. The van der Waals surface area contributed by atoms with Crippen LogP contribution in [0.3, 0.4) is 0 Å². The molecule has 7 heteroatoms. The van der Waals surface area contributed by atoms with Gasteiger partial charge in [-0.25, -0.2) is 9.37 Å². The molecule has 3 heterocycles. The van der Waals surface area contributed by atoms with Crippen LogP contribution < -0.4 is 0 Å². The summed E-state index contributed by atoms with van der Waals surface area (Å²) in [5.41, 5.74) is -0.763. The highest BCUT2D eigenvalue weighted by Gasteiger charge is 2.43. The predicted molar refractivity (Wildman–Crippen MR) is 88.7 cm³/mol. The first kappa shape index (κ1) is 15.7. The smallest absolute Gasteiger partial charge is 0.272 e. The number of hydrogen-bond donors (Lipinski definition) is 0. The summed E-state index contributed by atoms with van der Waals surface area (Å²) >= 11 is 0. The fourth-order valence-electron chi connectivity index (χ4n) is 3.18. The van der Waals surface area contributed by atoms with Gasteiger partial charge in [-0.2, -0.15) is 4.98 Å². The molecule has 25 heavy (non-hydrogen) atoms. The summed E-state index contributed by atoms with van der Waals surface area (Å²) in [6.45, 7) is 2.01. The molecule has 1 amide bonds. The molecule has 1 unspecified atom stereocenters. The van der Waals surface area contributed by atoms with Gasteiger partial charge in [-0.1, -0.05) is 29.4 Å². The van der Waals surface area contributed by atoms with Crippen molar-refractivity contribution < 1.29 is 13.7 Å². The second kappa shape index (κ2) is 5.91. The number of carbonyl (C=O) groups excluding carboxylic acids is 1. The van der Waals surface area contributed by atoms with E-state index in [1.165, 1.54) is 4.90 Å². The number of aryl methyl sites for hydroxylation is 1. The lowest BCUT2D eigenvalue weighted by molar-refractivity contribution is 0.0149. The number of benzene rings is 1. The summed E-state index contributed by atoms with van der Waals surface area (Å²) < 4.78 is 20.3. The number of aromatic nitrogens is 3. The van der Waals surface area contributed by atoms with Crippen molar-refractivity contribution in [3.8, 4) is 0 Å². The van der Waals surface area contributed by atoms with Crippen LogP contribution in [-0.4, -0.2) is 39.0 Å². The number of nitrogens with zero attached hydrogens (tertiary/aromatic N) is 4. The lowest BCUT2D eigenvalue weighted by Gasteiger charge is -2.34. The summed E-state index contributed by atoms with van der Waals surface area (Å²) in [5.74, 6) is 0.0318. The fourth-order valence-corrected chi connectivity index (χ4v) is 3.18. The molecule has 3 aromatic rings. The minimum atomic E-state index is -1.81. The van der Waals surface area contributed by atoms with Crippen molar-refractivity contribution in [2.24, 2.45) is 0 Å². The Labute approximate surface area is 143 Å². The molecule has 1 aliphatic rings. The number of pyridine rings is 1. The number of alkyl halides is 1. The Morgan fingerprint density at radius 2 is 2.08 bits per heavy atom. The van der Waals surface area contributed by atoms with Gasteiger partial charge in [0.2, 0.25) is 5.67 Å². The van der Waals surface area contributed by atoms with Gasteiger partial charge in [-0.3, -0.25) is 4.79 Å². The van der Waals surface area contributed by atoms with Crippen LogP contribution in [0.2, 0.25) is 0 Å². The maximum Gasteiger partial charge on any atom is 0.272 e. The van der Waals surface area contributed by atoms with E-state index in [4.69, 9.17) is 4.52 Å². The van der Waals surface area contributed by atoms with Gasteiger partial charge in [0.05, 0.1) is 12.1 Å². The molecule has 0 saturated carbocycles. The molecule has 1 aromatic carbocycles. The SMILES string of the molecule is Cc1noc(C2(F)CCCN(C(=O)c3ccc4ccccc4n3)C2)n1. The molecule has 0 N–H and O–H groups in total. The lowest BCUT2D eigenvalue weighted by atomic mass is 9.94. The summed E-state index contributed by atoms with van der Waals surface area (Å²) in [4.78, 5) is 22.7. The second-order valence-electron chi connectivity index (χ2n) is 6.33. The Kier molecular flexibility index (Phi) is 3.71. The number of amides is 1. The molecule has 1 aliphatic heterocycles. The van der Waals surface area contributed by atoms with Crippen molar-refractivity contribution in [3.63, 3.8) is 0 Å². The monoisotopic (exact) mass is 340 g/mol. The number of hydrogen-bond acceptors (Lipinski definition) is 5. The number of halogens is 1. The Morgan fingerprint density at radius 1 is 1.24 bits per heavy atom. The van der Waals surface area contributed by atoms with E-state index in [2.05, 4.69) is 15.1 Å². The van der Waals surface area contributed by atoms with E-state index in [0.717, 1.165) is 10.9 Å². The van der Waals surface area contributed by atoms with Crippen LogP contribution in [0.15, 0.2) is 40.9 Å². The van der Waals surface area contributed by atoms with E-state index in [9.17, 15) is 4.79 Å². The van der Waals surface area contributed by atoms with Gasteiger partial charge < -0.3 is 9.42 Å². The number of fused-ring (bicyclic) bond motifs is 1. The van der Waals surface area contributed by atoms with Crippen LogP contribution in [-0.2, 0) is 5.67 Å². The van der Waals surface area contributed by atoms with Crippen LogP contribution in [0, 0.1) is 6.92 Å². The molecule has 6 nitrogen and oxygen atoms in total. The third-order valence-electron chi connectivity index (χ3n) is 4.46. The lowest BCUT2D eigenvalue weighted by Crippen LogP contribution is -2.46. The van der Waals surface area contributed by atoms with E-state index in [1.54, 1.807) is 13.0 Å². The number of piperidine rings is 1. The average Bonchev–Trinajstić information content (AvgIpc) is 3.08. The van der Waals surface area contributed by atoms with E-state index < -0.39 is 5.67 Å². The second-order valence-corrected chi connectivity index (χ2v) is 6.33. The van der Waals surface area contributed by atoms with Crippen LogP contribution in [0.25, 0.3) is 10.9 Å².